The van der Waals surface area contributed by atoms with Crippen molar-refractivity contribution in [2.45, 2.75) is 31.4 Å². The van der Waals surface area contributed by atoms with Crippen LogP contribution in [-0.2, 0) is 0 Å². The number of hydrogen-bond donors (Lipinski definition) is 2. The van der Waals surface area contributed by atoms with Crippen molar-refractivity contribution < 1.29 is 10.2 Å². The van der Waals surface area contributed by atoms with Crippen LogP contribution in [0, 0.1) is 0 Å². The molecule has 50 valence electrons. The Labute approximate surface area is 54.1 Å². The molecule has 0 rings (SSSR count). The van der Waals surface area contributed by atoms with Gasteiger partial charge in [-0.1, -0.05) is 0 Å². The molecule has 0 aromatic carbocycles. The van der Waals surface area contributed by atoms with Crippen LogP contribution >= 0.6 is 11.6 Å². The lowest BCUT2D eigenvalue weighted by atomic mass is 10.2. The van der Waals surface area contributed by atoms with E-state index in [1.54, 1.807) is 13.8 Å². The van der Waals surface area contributed by atoms with Gasteiger partial charge in [-0.25, -0.2) is 0 Å². The first kappa shape index (κ1) is 8.21. The molecule has 0 amide bonds. The summed E-state index contributed by atoms with van der Waals surface area (Å²) >= 11 is 5.45. The summed E-state index contributed by atoms with van der Waals surface area (Å²) in [5, 5.41) is 16.9. The lowest BCUT2D eigenvalue weighted by molar-refractivity contribution is 0.107. The zero-order valence-electron chi connectivity index (χ0n) is 5.00. The molecule has 0 unspecified atom stereocenters. The van der Waals surface area contributed by atoms with Gasteiger partial charge in [0.15, 0.2) is 0 Å². The van der Waals surface area contributed by atoms with Crippen LogP contribution < -0.4 is 0 Å². The largest absolute Gasteiger partial charge is 0.392 e. The smallest absolute Gasteiger partial charge is 0.0848 e. The fourth-order valence-electron chi connectivity index (χ4n) is 0.403. The molecule has 2 N–H and O–H groups in total. The summed E-state index contributed by atoms with van der Waals surface area (Å²) in [5.41, 5.74) is 0. The van der Waals surface area contributed by atoms with Gasteiger partial charge in [-0.3, -0.25) is 0 Å². The molecule has 0 saturated heterocycles. The maximum absolute atomic E-state index is 8.70. The molecule has 0 aliphatic heterocycles. The molecule has 0 aliphatic carbocycles. The van der Waals surface area contributed by atoms with Gasteiger partial charge < -0.3 is 10.2 Å². The second kappa shape index (κ2) is 3.28. The van der Waals surface area contributed by atoms with E-state index in [9.17, 15) is 0 Å². The number of hydrogen-bond acceptors (Lipinski definition) is 2. The van der Waals surface area contributed by atoms with Crippen molar-refractivity contribution in [3.8, 4) is 0 Å². The van der Waals surface area contributed by atoms with Gasteiger partial charge in [-0.05, 0) is 13.8 Å². The number of rotatable bonds is 2. The maximum Gasteiger partial charge on any atom is 0.0848 e. The highest BCUT2D eigenvalue weighted by atomic mass is 35.5. The van der Waals surface area contributed by atoms with E-state index in [4.69, 9.17) is 21.8 Å². The first-order valence-corrected chi connectivity index (χ1v) is 2.99. The third-order valence-electron chi connectivity index (χ3n) is 0.922. The molecule has 0 aliphatic rings. The molecule has 2 nitrogen and oxygen atoms in total. The van der Waals surface area contributed by atoms with Crippen molar-refractivity contribution >= 4 is 11.6 Å². The molecule has 0 saturated carbocycles. The number of aliphatic hydroxyl groups is 2. The van der Waals surface area contributed by atoms with Crippen LogP contribution in [0.2, 0.25) is 0 Å². The third-order valence-corrected chi connectivity index (χ3v) is 1.65. The molecule has 0 aromatic rings. The standard InChI is InChI=1S/C5H11ClO2/c1-3(7)5(6)4(2)8/h3-5,7-8H,1-2H3/t3-,4-/m0/s1. The van der Waals surface area contributed by atoms with Crippen LogP contribution in [0.15, 0.2) is 0 Å². The van der Waals surface area contributed by atoms with Crippen LogP contribution in [0.25, 0.3) is 0 Å². The fraction of sp³-hybridized carbons (Fsp3) is 1.00. The minimum atomic E-state index is -0.642. The molecule has 0 bridgehead atoms. The van der Waals surface area contributed by atoms with E-state index in [1.165, 1.54) is 0 Å². The van der Waals surface area contributed by atoms with Crippen LogP contribution in [0.1, 0.15) is 13.8 Å². The average molecular weight is 139 g/mol. The Kier molecular flexibility index (Phi) is 3.36. The SMILES string of the molecule is C[C@H](O)C(Cl)[C@H](C)O. The Morgan fingerprint density at radius 2 is 1.38 bits per heavy atom. The monoisotopic (exact) mass is 138 g/mol. The van der Waals surface area contributed by atoms with Gasteiger partial charge in [-0.15, -0.1) is 11.6 Å². The number of aliphatic hydroxyl groups excluding tert-OH is 2. The summed E-state index contributed by atoms with van der Waals surface area (Å²) in [7, 11) is 0. The normalized spacial score (nSPS) is 18.8. The molecule has 0 heterocycles. The summed E-state index contributed by atoms with van der Waals surface area (Å²) < 4.78 is 0. The lowest BCUT2D eigenvalue weighted by Gasteiger charge is -2.14. The van der Waals surface area contributed by atoms with E-state index >= 15 is 0 Å². The molecule has 0 radical (unpaired) electrons. The van der Waals surface area contributed by atoms with Gasteiger partial charge in [0.05, 0.1) is 17.6 Å². The highest BCUT2D eigenvalue weighted by Gasteiger charge is 2.15. The van der Waals surface area contributed by atoms with Crippen molar-refractivity contribution in [3.05, 3.63) is 0 Å². The summed E-state index contributed by atoms with van der Waals surface area (Å²) in [6.07, 6.45) is -1.28. The van der Waals surface area contributed by atoms with Crippen LogP contribution in [0.3, 0.4) is 0 Å². The Balaban J connectivity index is 3.46. The fourth-order valence-corrected chi connectivity index (χ4v) is 0.403. The molecule has 0 fully saturated rings. The minimum absolute atomic E-state index is 0.546. The Morgan fingerprint density at radius 1 is 1.12 bits per heavy atom. The molecule has 8 heavy (non-hydrogen) atoms. The van der Waals surface area contributed by atoms with Gasteiger partial charge in [0.1, 0.15) is 0 Å². The first-order valence-electron chi connectivity index (χ1n) is 2.56. The third kappa shape index (κ3) is 2.50. The summed E-state index contributed by atoms with van der Waals surface area (Å²) in [6, 6.07) is 0. The topological polar surface area (TPSA) is 40.5 Å². The average Bonchev–Trinajstić information content (AvgIpc) is 1.64. The summed E-state index contributed by atoms with van der Waals surface area (Å²) in [5.74, 6) is 0. The zero-order valence-corrected chi connectivity index (χ0v) is 5.76. The molecule has 2 atom stereocenters. The molecule has 0 spiro atoms. The van der Waals surface area contributed by atoms with Gasteiger partial charge in [0, 0.05) is 0 Å². The maximum atomic E-state index is 8.70. The van der Waals surface area contributed by atoms with Crippen molar-refractivity contribution in [1.29, 1.82) is 0 Å². The van der Waals surface area contributed by atoms with Crippen molar-refractivity contribution in [3.63, 3.8) is 0 Å². The summed E-state index contributed by atoms with van der Waals surface area (Å²) in [6.45, 7) is 3.09. The van der Waals surface area contributed by atoms with E-state index in [1.807, 2.05) is 0 Å². The lowest BCUT2D eigenvalue weighted by Crippen LogP contribution is -2.27. The summed E-state index contributed by atoms with van der Waals surface area (Å²) in [4.78, 5) is 0. The number of halogens is 1. The van der Waals surface area contributed by atoms with Crippen molar-refractivity contribution in [2.75, 3.05) is 0 Å². The van der Waals surface area contributed by atoms with E-state index < -0.39 is 17.6 Å². The van der Waals surface area contributed by atoms with Crippen molar-refractivity contribution in [2.24, 2.45) is 0 Å². The van der Waals surface area contributed by atoms with Gasteiger partial charge in [-0.2, -0.15) is 0 Å². The first-order chi connectivity index (χ1) is 3.55. The second-order valence-corrected chi connectivity index (χ2v) is 2.43. The molecular formula is C5H11ClO2. The van der Waals surface area contributed by atoms with Crippen LogP contribution in [-0.4, -0.2) is 27.8 Å². The van der Waals surface area contributed by atoms with E-state index in [2.05, 4.69) is 0 Å². The Morgan fingerprint density at radius 3 is 1.38 bits per heavy atom. The molecule has 3 heteroatoms. The van der Waals surface area contributed by atoms with Crippen molar-refractivity contribution in [1.82, 2.24) is 0 Å². The van der Waals surface area contributed by atoms with Gasteiger partial charge in [0.2, 0.25) is 0 Å². The molecule has 0 aromatic heterocycles. The quantitative estimate of drug-likeness (QED) is 0.541. The number of alkyl halides is 1. The van der Waals surface area contributed by atoms with Gasteiger partial charge in [0.25, 0.3) is 0 Å². The minimum Gasteiger partial charge on any atom is -0.392 e. The molecular weight excluding hydrogens is 128 g/mol. The van der Waals surface area contributed by atoms with Crippen LogP contribution in [0.4, 0.5) is 0 Å². The predicted octanol–water partition coefficient (Wildman–Crippen LogP) is 0.355. The highest BCUT2D eigenvalue weighted by Crippen LogP contribution is 2.06. The predicted molar refractivity (Wildman–Crippen MR) is 33.0 cm³/mol. The van der Waals surface area contributed by atoms with Gasteiger partial charge >= 0.3 is 0 Å². The van der Waals surface area contributed by atoms with Crippen LogP contribution in [0.5, 0.6) is 0 Å². The zero-order chi connectivity index (χ0) is 6.73. The van der Waals surface area contributed by atoms with E-state index in [-0.39, 0.29) is 0 Å². The van der Waals surface area contributed by atoms with E-state index in [0.717, 1.165) is 0 Å². The Hall–Kier alpha value is 0.210. The Bertz CT molecular complexity index is 55.4. The second-order valence-electron chi connectivity index (χ2n) is 1.93. The highest BCUT2D eigenvalue weighted by molar-refractivity contribution is 6.21. The van der Waals surface area contributed by atoms with E-state index in [0.29, 0.717) is 0 Å².